The third-order valence-corrected chi connectivity index (χ3v) is 8.51. The average Bonchev–Trinajstić information content (AvgIpc) is 2.83. The van der Waals surface area contributed by atoms with Gasteiger partial charge in [-0.3, -0.25) is 0 Å². The molecule has 1 aromatic rings. The predicted octanol–water partition coefficient (Wildman–Crippen LogP) is 2.30. The number of nitrogens with zero attached hydrogens (tertiary/aromatic N) is 3. The summed E-state index contributed by atoms with van der Waals surface area (Å²) in [6, 6.07) is 8.96. The molecule has 0 aliphatic carbocycles. The molecule has 0 saturated carbocycles. The molecule has 1 aromatic carbocycles. The van der Waals surface area contributed by atoms with Gasteiger partial charge in [0, 0.05) is 31.8 Å². The number of sulfonamides is 2. The normalized spacial score (nSPS) is 20.9. The van der Waals surface area contributed by atoms with E-state index in [4.69, 9.17) is 0 Å². The molecule has 0 atom stereocenters. The smallest absolute Gasteiger partial charge is 0.285 e. The minimum absolute atomic E-state index is 0.163. The molecule has 0 unspecified atom stereocenters. The molecule has 2 heterocycles. The van der Waals surface area contributed by atoms with E-state index in [0.717, 1.165) is 6.42 Å². The fourth-order valence-corrected chi connectivity index (χ4v) is 6.77. The van der Waals surface area contributed by atoms with Crippen molar-refractivity contribution in [1.82, 2.24) is 9.21 Å². The summed E-state index contributed by atoms with van der Waals surface area (Å²) in [5, 5.41) is 0. The van der Waals surface area contributed by atoms with E-state index in [0.29, 0.717) is 56.0 Å². The van der Waals surface area contributed by atoms with Crippen LogP contribution in [0.1, 0.15) is 38.7 Å². The van der Waals surface area contributed by atoms with E-state index >= 15 is 0 Å². The van der Waals surface area contributed by atoms with Gasteiger partial charge in [0.25, 0.3) is 10.0 Å². The van der Waals surface area contributed by atoms with Crippen molar-refractivity contribution in [2.24, 2.45) is 4.40 Å². The molecule has 0 amide bonds. The number of amidine groups is 1. The van der Waals surface area contributed by atoms with E-state index in [1.807, 2.05) is 17.9 Å². The molecule has 1 fully saturated rings. The molecule has 0 radical (unpaired) electrons. The lowest BCUT2D eigenvalue weighted by atomic mass is 10.1. The molecule has 2 aliphatic rings. The SMILES string of the molecule is CCCCS(=O)(=O)N1CCCN(C2=NS(=O)(=O)C(c3ccccc3)=C2C)CC1. The first-order valence-electron chi connectivity index (χ1n) is 9.60. The van der Waals surface area contributed by atoms with Crippen LogP contribution in [-0.2, 0) is 20.0 Å². The van der Waals surface area contributed by atoms with Gasteiger partial charge >= 0.3 is 0 Å². The fraction of sp³-hybridized carbons (Fsp3) is 0.526. The van der Waals surface area contributed by atoms with Crippen LogP contribution >= 0.6 is 0 Å². The molecular formula is C19H27N3O4S2. The van der Waals surface area contributed by atoms with Crippen LogP contribution in [0.2, 0.25) is 0 Å². The maximum atomic E-state index is 12.7. The molecular weight excluding hydrogens is 398 g/mol. The van der Waals surface area contributed by atoms with Crippen molar-refractivity contribution < 1.29 is 16.8 Å². The summed E-state index contributed by atoms with van der Waals surface area (Å²) in [6.45, 7) is 5.55. The first-order valence-corrected chi connectivity index (χ1v) is 12.7. The number of hydrogen-bond acceptors (Lipinski definition) is 5. The van der Waals surface area contributed by atoms with Gasteiger partial charge in [0.1, 0.15) is 10.7 Å². The number of unbranched alkanes of at least 4 members (excludes halogenated alkanes) is 1. The molecule has 154 valence electrons. The van der Waals surface area contributed by atoms with Gasteiger partial charge in [-0.15, -0.1) is 4.40 Å². The molecule has 0 bridgehead atoms. The van der Waals surface area contributed by atoms with E-state index in [1.54, 1.807) is 31.2 Å². The van der Waals surface area contributed by atoms with Gasteiger partial charge in [0.15, 0.2) is 0 Å². The Morgan fingerprint density at radius 1 is 1.07 bits per heavy atom. The standard InChI is InChI=1S/C19H27N3O4S2/c1-3-4-15-27(23,24)22-12-8-11-21(13-14-22)19-16(2)18(28(25,26)20-19)17-9-6-5-7-10-17/h5-7,9-10H,3-4,8,11-15H2,1-2H3. The summed E-state index contributed by atoms with van der Waals surface area (Å²) in [7, 11) is -7.03. The summed E-state index contributed by atoms with van der Waals surface area (Å²) in [5.41, 5.74) is 1.24. The van der Waals surface area contributed by atoms with Crippen LogP contribution in [0.15, 0.2) is 40.3 Å². The van der Waals surface area contributed by atoms with Gasteiger partial charge < -0.3 is 4.90 Å². The molecule has 3 rings (SSSR count). The summed E-state index contributed by atoms with van der Waals surface area (Å²) in [6.07, 6.45) is 2.12. The molecule has 9 heteroatoms. The zero-order valence-electron chi connectivity index (χ0n) is 16.3. The van der Waals surface area contributed by atoms with Crippen molar-refractivity contribution in [3.63, 3.8) is 0 Å². The third-order valence-electron chi connectivity index (χ3n) is 5.08. The number of hydrogen-bond donors (Lipinski definition) is 0. The summed E-state index contributed by atoms with van der Waals surface area (Å²) in [5.74, 6) is 0.599. The highest BCUT2D eigenvalue weighted by atomic mass is 32.2. The fourth-order valence-electron chi connectivity index (χ4n) is 3.61. The van der Waals surface area contributed by atoms with Crippen molar-refractivity contribution in [2.75, 3.05) is 31.9 Å². The molecule has 0 N–H and O–H groups in total. The highest BCUT2D eigenvalue weighted by Gasteiger charge is 2.34. The largest absolute Gasteiger partial charge is 0.354 e. The third kappa shape index (κ3) is 4.31. The van der Waals surface area contributed by atoms with Crippen molar-refractivity contribution in [3.05, 3.63) is 41.5 Å². The maximum absolute atomic E-state index is 12.7. The van der Waals surface area contributed by atoms with Crippen LogP contribution in [0.4, 0.5) is 0 Å². The zero-order chi connectivity index (χ0) is 20.4. The van der Waals surface area contributed by atoms with E-state index in [-0.39, 0.29) is 10.7 Å². The topological polar surface area (TPSA) is 87.1 Å². The maximum Gasteiger partial charge on any atom is 0.285 e. The highest BCUT2D eigenvalue weighted by Crippen LogP contribution is 2.33. The summed E-state index contributed by atoms with van der Waals surface area (Å²) in [4.78, 5) is 2.14. The molecule has 2 aliphatic heterocycles. The minimum Gasteiger partial charge on any atom is -0.354 e. The summed E-state index contributed by atoms with van der Waals surface area (Å²) < 4.78 is 55.9. The number of benzene rings is 1. The quantitative estimate of drug-likeness (QED) is 0.722. The van der Waals surface area contributed by atoms with Gasteiger partial charge in [-0.25, -0.2) is 12.7 Å². The molecule has 1 saturated heterocycles. The molecule has 7 nitrogen and oxygen atoms in total. The highest BCUT2D eigenvalue weighted by molar-refractivity contribution is 8.00. The Bertz CT molecular complexity index is 983. The van der Waals surface area contributed by atoms with Crippen molar-refractivity contribution in [1.29, 1.82) is 0 Å². The Balaban J connectivity index is 1.82. The minimum atomic E-state index is -3.76. The molecule has 0 spiro atoms. The van der Waals surface area contributed by atoms with Gasteiger partial charge in [-0.05, 0) is 25.3 Å². The molecule has 28 heavy (non-hydrogen) atoms. The molecule has 0 aromatic heterocycles. The Labute approximate surface area is 167 Å². The van der Waals surface area contributed by atoms with Gasteiger partial charge in [-0.1, -0.05) is 43.7 Å². The Hall–Kier alpha value is -1.71. The Morgan fingerprint density at radius 3 is 2.46 bits per heavy atom. The van der Waals surface area contributed by atoms with Gasteiger partial charge in [0.2, 0.25) is 10.0 Å². The second kappa shape index (κ2) is 8.34. The first kappa shape index (κ1) is 21.0. The van der Waals surface area contributed by atoms with E-state index < -0.39 is 20.0 Å². The van der Waals surface area contributed by atoms with Crippen molar-refractivity contribution in [2.45, 2.75) is 33.1 Å². The average molecular weight is 426 g/mol. The Morgan fingerprint density at radius 2 is 1.79 bits per heavy atom. The van der Waals surface area contributed by atoms with Crippen molar-refractivity contribution >= 4 is 30.8 Å². The van der Waals surface area contributed by atoms with Gasteiger partial charge in [-0.2, -0.15) is 8.42 Å². The summed E-state index contributed by atoms with van der Waals surface area (Å²) >= 11 is 0. The van der Waals surface area contributed by atoms with E-state index in [9.17, 15) is 16.8 Å². The van der Waals surface area contributed by atoms with E-state index in [2.05, 4.69) is 4.40 Å². The van der Waals surface area contributed by atoms with Gasteiger partial charge in [0.05, 0.1) is 5.75 Å². The van der Waals surface area contributed by atoms with Crippen molar-refractivity contribution in [3.8, 4) is 0 Å². The second-order valence-corrected chi connectivity index (χ2v) is 10.7. The van der Waals surface area contributed by atoms with Crippen LogP contribution in [0.25, 0.3) is 4.91 Å². The second-order valence-electron chi connectivity index (χ2n) is 7.12. The number of rotatable bonds is 5. The monoisotopic (exact) mass is 425 g/mol. The Kier molecular flexibility index (Phi) is 6.26. The first-order chi connectivity index (χ1) is 13.3. The van der Waals surface area contributed by atoms with Crippen LogP contribution in [0.5, 0.6) is 0 Å². The lowest BCUT2D eigenvalue weighted by Gasteiger charge is -2.23. The van der Waals surface area contributed by atoms with E-state index in [1.165, 1.54) is 4.31 Å². The van der Waals surface area contributed by atoms with Crippen LogP contribution in [0, 0.1) is 0 Å². The van der Waals surface area contributed by atoms with Crippen LogP contribution in [0.3, 0.4) is 0 Å². The van der Waals surface area contributed by atoms with Crippen LogP contribution < -0.4 is 0 Å². The predicted molar refractivity (Wildman–Crippen MR) is 112 cm³/mol. The zero-order valence-corrected chi connectivity index (χ0v) is 18.0. The lowest BCUT2D eigenvalue weighted by Crippen LogP contribution is -2.38. The van der Waals surface area contributed by atoms with Crippen LogP contribution in [-0.4, -0.2) is 63.8 Å². The lowest BCUT2D eigenvalue weighted by molar-refractivity contribution is 0.407.